The SMILES string of the molecule is O=S(=O)(NCCn1c(-c2ccncc2)nc2ccccc21)c1ccccc1. The van der Waals surface area contributed by atoms with Gasteiger partial charge in [-0.3, -0.25) is 4.98 Å². The number of nitrogens with one attached hydrogen (secondary N) is 1. The van der Waals surface area contributed by atoms with E-state index in [1.54, 1.807) is 42.7 Å². The Morgan fingerprint density at radius 1 is 0.889 bits per heavy atom. The predicted molar refractivity (Wildman–Crippen MR) is 105 cm³/mol. The van der Waals surface area contributed by atoms with E-state index in [0.29, 0.717) is 6.54 Å². The lowest BCUT2D eigenvalue weighted by atomic mass is 10.2. The second-order valence-electron chi connectivity index (χ2n) is 6.02. The van der Waals surface area contributed by atoms with Gasteiger partial charge in [-0.05, 0) is 36.4 Å². The van der Waals surface area contributed by atoms with Gasteiger partial charge >= 0.3 is 0 Å². The molecule has 0 spiro atoms. The number of hydrogen-bond acceptors (Lipinski definition) is 4. The number of nitrogens with zero attached hydrogens (tertiary/aromatic N) is 3. The van der Waals surface area contributed by atoms with Crippen molar-refractivity contribution in [2.24, 2.45) is 0 Å². The van der Waals surface area contributed by atoms with Crippen LogP contribution < -0.4 is 4.72 Å². The van der Waals surface area contributed by atoms with Crippen molar-refractivity contribution in [1.82, 2.24) is 19.3 Å². The number of aromatic nitrogens is 3. The normalized spacial score (nSPS) is 11.7. The third kappa shape index (κ3) is 3.60. The van der Waals surface area contributed by atoms with Crippen LogP contribution >= 0.6 is 0 Å². The second kappa shape index (κ2) is 7.30. The van der Waals surface area contributed by atoms with Crippen molar-refractivity contribution in [2.75, 3.05) is 6.54 Å². The molecular weight excluding hydrogens is 360 g/mol. The van der Waals surface area contributed by atoms with E-state index in [9.17, 15) is 8.42 Å². The van der Waals surface area contributed by atoms with Gasteiger partial charge < -0.3 is 4.57 Å². The average molecular weight is 378 g/mol. The van der Waals surface area contributed by atoms with Gasteiger partial charge in [0.2, 0.25) is 10.0 Å². The molecule has 4 aromatic rings. The van der Waals surface area contributed by atoms with Gasteiger partial charge in [-0.2, -0.15) is 0 Å². The summed E-state index contributed by atoms with van der Waals surface area (Å²) in [7, 11) is -3.54. The van der Waals surface area contributed by atoms with Gasteiger partial charge in [0.25, 0.3) is 0 Å². The molecule has 2 heterocycles. The smallest absolute Gasteiger partial charge is 0.240 e. The van der Waals surface area contributed by atoms with E-state index >= 15 is 0 Å². The molecule has 2 aromatic heterocycles. The molecule has 0 saturated carbocycles. The summed E-state index contributed by atoms with van der Waals surface area (Å²) in [5.41, 5.74) is 2.77. The van der Waals surface area contributed by atoms with E-state index < -0.39 is 10.0 Å². The number of sulfonamides is 1. The van der Waals surface area contributed by atoms with Gasteiger partial charge in [0.05, 0.1) is 15.9 Å². The van der Waals surface area contributed by atoms with Crippen LogP contribution in [0, 0.1) is 0 Å². The van der Waals surface area contributed by atoms with E-state index in [0.717, 1.165) is 22.4 Å². The Labute approximate surface area is 157 Å². The molecule has 0 radical (unpaired) electrons. The lowest BCUT2D eigenvalue weighted by Gasteiger charge is -2.11. The van der Waals surface area contributed by atoms with Crippen LogP contribution in [0.2, 0.25) is 0 Å². The van der Waals surface area contributed by atoms with Gasteiger partial charge in [0, 0.05) is 31.0 Å². The summed E-state index contributed by atoms with van der Waals surface area (Å²) in [4.78, 5) is 9.03. The van der Waals surface area contributed by atoms with Crippen LogP contribution in [0.25, 0.3) is 22.4 Å². The molecule has 2 aromatic carbocycles. The average Bonchev–Trinajstić information content (AvgIpc) is 3.08. The topological polar surface area (TPSA) is 76.9 Å². The molecule has 136 valence electrons. The van der Waals surface area contributed by atoms with Crippen molar-refractivity contribution in [3.63, 3.8) is 0 Å². The van der Waals surface area contributed by atoms with E-state index in [1.165, 1.54) is 0 Å². The largest absolute Gasteiger partial charge is 0.323 e. The molecule has 0 aliphatic carbocycles. The highest BCUT2D eigenvalue weighted by atomic mass is 32.2. The van der Waals surface area contributed by atoms with Crippen molar-refractivity contribution in [2.45, 2.75) is 11.4 Å². The van der Waals surface area contributed by atoms with E-state index in [4.69, 9.17) is 4.98 Å². The molecule has 0 saturated heterocycles. The maximum Gasteiger partial charge on any atom is 0.240 e. The molecule has 0 atom stereocenters. The summed E-state index contributed by atoms with van der Waals surface area (Å²) in [6, 6.07) is 20.0. The zero-order chi connectivity index (χ0) is 18.7. The van der Waals surface area contributed by atoms with Crippen LogP contribution in [0.15, 0.2) is 84.0 Å². The molecule has 7 heteroatoms. The number of pyridine rings is 1. The second-order valence-corrected chi connectivity index (χ2v) is 7.79. The first kappa shape index (κ1) is 17.4. The monoisotopic (exact) mass is 378 g/mol. The van der Waals surface area contributed by atoms with E-state index in [2.05, 4.69) is 9.71 Å². The molecule has 0 aliphatic heterocycles. The fourth-order valence-corrected chi connectivity index (χ4v) is 4.04. The summed E-state index contributed by atoms with van der Waals surface area (Å²) < 4.78 is 29.6. The molecule has 0 amide bonds. The van der Waals surface area contributed by atoms with Gasteiger partial charge in [0.1, 0.15) is 5.82 Å². The van der Waals surface area contributed by atoms with E-state index in [1.807, 2.05) is 41.0 Å². The van der Waals surface area contributed by atoms with Gasteiger partial charge in [-0.15, -0.1) is 0 Å². The van der Waals surface area contributed by atoms with Gasteiger partial charge in [-0.1, -0.05) is 30.3 Å². The lowest BCUT2D eigenvalue weighted by molar-refractivity contribution is 0.574. The molecule has 4 rings (SSSR count). The maximum absolute atomic E-state index is 12.4. The summed E-state index contributed by atoms with van der Waals surface area (Å²) in [6.07, 6.45) is 3.44. The first-order chi connectivity index (χ1) is 13.1. The Morgan fingerprint density at radius 2 is 1.59 bits per heavy atom. The van der Waals surface area contributed by atoms with Crippen molar-refractivity contribution in [1.29, 1.82) is 0 Å². The number of hydrogen-bond donors (Lipinski definition) is 1. The van der Waals surface area contributed by atoms with Crippen molar-refractivity contribution >= 4 is 21.1 Å². The fraction of sp³-hybridized carbons (Fsp3) is 0.100. The molecule has 0 fully saturated rings. The highest BCUT2D eigenvalue weighted by molar-refractivity contribution is 7.89. The fourth-order valence-electron chi connectivity index (χ4n) is 3.00. The zero-order valence-electron chi connectivity index (χ0n) is 14.5. The molecule has 0 aliphatic rings. The minimum absolute atomic E-state index is 0.259. The molecule has 27 heavy (non-hydrogen) atoms. The standard InChI is InChI=1S/C20H18N4O2S/c25-27(26,17-6-2-1-3-7-17)22-14-15-24-19-9-5-4-8-18(19)23-20(24)16-10-12-21-13-11-16/h1-13,22H,14-15H2. The lowest BCUT2D eigenvalue weighted by Crippen LogP contribution is -2.27. The number of fused-ring (bicyclic) bond motifs is 1. The number of para-hydroxylation sites is 2. The van der Waals surface area contributed by atoms with Crippen LogP contribution in [-0.4, -0.2) is 29.5 Å². The van der Waals surface area contributed by atoms with Gasteiger partial charge in [-0.25, -0.2) is 18.1 Å². The Kier molecular flexibility index (Phi) is 4.70. The quantitative estimate of drug-likeness (QED) is 0.559. The first-order valence-electron chi connectivity index (χ1n) is 8.55. The summed E-state index contributed by atoms with van der Waals surface area (Å²) in [5.74, 6) is 0.789. The van der Waals surface area contributed by atoms with Crippen LogP contribution in [0.5, 0.6) is 0 Å². The Bertz CT molecular complexity index is 1160. The third-order valence-electron chi connectivity index (χ3n) is 4.27. The van der Waals surface area contributed by atoms with Crippen LogP contribution in [0.4, 0.5) is 0 Å². The van der Waals surface area contributed by atoms with Gasteiger partial charge in [0.15, 0.2) is 0 Å². The minimum Gasteiger partial charge on any atom is -0.323 e. The minimum atomic E-state index is -3.54. The van der Waals surface area contributed by atoms with Crippen molar-refractivity contribution < 1.29 is 8.42 Å². The molecule has 0 unspecified atom stereocenters. The highest BCUT2D eigenvalue weighted by Gasteiger charge is 2.15. The maximum atomic E-state index is 12.4. The Hall–Kier alpha value is -3.03. The summed E-state index contributed by atoms with van der Waals surface area (Å²) in [5, 5.41) is 0. The Balaban J connectivity index is 1.62. The molecular formula is C20H18N4O2S. The Morgan fingerprint density at radius 3 is 2.37 bits per heavy atom. The molecule has 1 N–H and O–H groups in total. The molecule has 6 nitrogen and oxygen atoms in total. The third-order valence-corrected chi connectivity index (χ3v) is 5.75. The summed E-state index contributed by atoms with van der Waals surface area (Å²) >= 11 is 0. The predicted octanol–water partition coefficient (Wildman–Crippen LogP) is 3.08. The van der Waals surface area contributed by atoms with Crippen LogP contribution in [0.3, 0.4) is 0 Å². The van der Waals surface area contributed by atoms with Crippen molar-refractivity contribution in [3.8, 4) is 11.4 Å². The van der Waals surface area contributed by atoms with Crippen molar-refractivity contribution in [3.05, 3.63) is 79.1 Å². The number of benzene rings is 2. The number of imidazole rings is 1. The first-order valence-corrected chi connectivity index (χ1v) is 10.0. The van der Waals surface area contributed by atoms with E-state index in [-0.39, 0.29) is 11.4 Å². The zero-order valence-corrected chi connectivity index (χ0v) is 15.3. The van der Waals surface area contributed by atoms with Crippen LogP contribution in [-0.2, 0) is 16.6 Å². The molecule has 0 bridgehead atoms. The number of rotatable bonds is 6. The highest BCUT2D eigenvalue weighted by Crippen LogP contribution is 2.24. The van der Waals surface area contributed by atoms with Crippen LogP contribution in [0.1, 0.15) is 0 Å². The summed E-state index contributed by atoms with van der Waals surface area (Å²) in [6.45, 7) is 0.722.